The van der Waals surface area contributed by atoms with E-state index in [1.807, 2.05) is 43.3 Å². The van der Waals surface area contributed by atoms with Gasteiger partial charge in [-0.15, -0.1) is 11.3 Å². The minimum absolute atomic E-state index is 0.0436. The number of thiazole rings is 1. The molecule has 2 amide bonds. The Bertz CT molecular complexity index is 1280. The number of amides is 2. The first kappa shape index (κ1) is 22.1. The number of fused-ring (bicyclic) bond motifs is 1. The second-order valence-corrected chi connectivity index (χ2v) is 8.53. The molecule has 166 valence electrons. The fourth-order valence-corrected chi connectivity index (χ4v) is 4.12. The van der Waals surface area contributed by atoms with E-state index in [2.05, 4.69) is 15.6 Å². The number of para-hydroxylation sites is 1. The summed E-state index contributed by atoms with van der Waals surface area (Å²) in [5.41, 5.74) is 3.00. The summed E-state index contributed by atoms with van der Waals surface area (Å²) in [6.07, 6.45) is 0.159. The molecule has 0 saturated carbocycles. The van der Waals surface area contributed by atoms with Crippen LogP contribution in [0.4, 0.5) is 11.4 Å². The lowest BCUT2D eigenvalue weighted by Crippen LogP contribution is -2.45. The van der Waals surface area contributed by atoms with E-state index in [0.717, 1.165) is 10.3 Å². The first-order valence-electron chi connectivity index (χ1n) is 10.2. The third-order valence-electron chi connectivity index (χ3n) is 5.02. The maximum Gasteiger partial charge on any atom is 0.280 e. The fourth-order valence-electron chi connectivity index (χ4n) is 3.25. The van der Waals surface area contributed by atoms with E-state index < -0.39 is 22.8 Å². The molecule has 1 unspecified atom stereocenters. The van der Waals surface area contributed by atoms with Gasteiger partial charge in [-0.05, 0) is 36.8 Å². The van der Waals surface area contributed by atoms with Crippen LogP contribution in [-0.4, -0.2) is 27.8 Å². The Morgan fingerprint density at radius 3 is 2.39 bits per heavy atom. The van der Waals surface area contributed by atoms with Crippen LogP contribution in [0.1, 0.15) is 20.9 Å². The molecule has 0 aliphatic heterocycles. The molecule has 8 nitrogen and oxygen atoms in total. The highest BCUT2D eigenvalue weighted by molar-refractivity contribution is 7.20. The van der Waals surface area contributed by atoms with Crippen molar-refractivity contribution in [3.8, 4) is 0 Å². The molecule has 1 aromatic heterocycles. The lowest BCUT2D eigenvalue weighted by atomic mass is 10.0. The number of anilines is 1. The van der Waals surface area contributed by atoms with Crippen LogP contribution in [0.15, 0.2) is 72.8 Å². The largest absolute Gasteiger partial charge is 0.338 e. The zero-order chi connectivity index (χ0) is 23.4. The number of hydrogen-bond donors (Lipinski definition) is 2. The van der Waals surface area contributed by atoms with Crippen molar-refractivity contribution in [1.29, 1.82) is 0 Å². The second kappa shape index (κ2) is 9.58. The lowest BCUT2D eigenvalue weighted by Gasteiger charge is -2.18. The molecule has 0 aliphatic carbocycles. The minimum atomic E-state index is -0.910. The molecule has 4 rings (SSSR count). The molecule has 2 N–H and O–H groups in total. The van der Waals surface area contributed by atoms with Crippen molar-refractivity contribution in [2.24, 2.45) is 0 Å². The predicted octanol–water partition coefficient (Wildman–Crippen LogP) is 4.49. The van der Waals surface area contributed by atoms with Crippen LogP contribution >= 0.6 is 11.3 Å². The Labute approximate surface area is 193 Å². The average molecular weight is 461 g/mol. The quantitative estimate of drug-likeness (QED) is 0.311. The van der Waals surface area contributed by atoms with E-state index in [9.17, 15) is 19.7 Å². The number of benzene rings is 3. The van der Waals surface area contributed by atoms with Gasteiger partial charge >= 0.3 is 0 Å². The van der Waals surface area contributed by atoms with Crippen molar-refractivity contribution < 1.29 is 14.5 Å². The van der Waals surface area contributed by atoms with Gasteiger partial charge in [-0.25, -0.2) is 4.98 Å². The normalized spacial score (nSPS) is 11.7. The number of rotatable bonds is 7. The van der Waals surface area contributed by atoms with Crippen LogP contribution in [0, 0.1) is 17.0 Å². The summed E-state index contributed by atoms with van der Waals surface area (Å²) in [6.45, 7) is 1.95. The predicted molar refractivity (Wildman–Crippen MR) is 127 cm³/mol. The molecule has 1 atom stereocenters. The zero-order valence-corrected chi connectivity index (χ0v) is 18.5. The van der Waals surface area contributed by atoms with Gasteiger partial charge in [0.05, 0.1) is 15.1 Å². The van der Waals surface area contributed by atoms with Gasteiger partial charge in [0, 0.05) is 24.2 Å². The molecule has 0 saturated heterocycles. The first-order chi connectivity index (χ1) is 15.9. The van der Waals surface area contributed by atoms with Crippen LogP contribution in [-0.2, 0) is 11.2 Å². The first-order valence-corrected chi connectivity index (χ1v) is 11.0. The van der Waals surface area contributed by atoms with Gasteiger partial charge < -0.3 is 10.6 Å². The molecule has 0 spiro atoms. The van der Waals surface area contributed by atoms with Crippen LogP contribution < -0.4 is 10.6 Å². The summed E-state index contributed by atoms with van der Waals surface area (Å²) in [7, 11) is 0. The van der Waals surface area contributed by atoms with Gasteiger partial charge in [-0.1, -0.05) is 42.0 Å². The Morgan fingerprint density at radius 2 is 1.73 bits per heavy atom. The average Bonchev–Trinajstić information content (AvgIpc) is 3.25. The number of nitro benzene ring substituents is 1. The van der Waals surface area contributed by atoms with E-state index in [4.69, 9.17) is 0 Å². The Balaban J connectivity index is 1.56. The third-order valence-corrected chi connectivity index (χ3v) is 6.05. The number of nitrogens with one attached hydrogen (secondary N) is 2. The fraction of sp³-hybridized carbons (Fsp3) is 0.125. The van der Waals surface area contributed by atoms with Crippen molar-refractivity contribution >= 4 is 44.7 Å². The van der Waals surface area contributed by atoms with Crippen LogP contribution in [0.2, 0.25) is 0 Å². The monoisotopic (exact) mass is 460 g/mol. The standard InChI is InChI=1S/C24H20N4O4S/c1-15-6-10-17(11-7-15)25-22(29)20(14-16-8-12-18(13-9-16)28(31)32)26-23(30)24-27-19-4-2-3-5-21(19)33-24/h2-13,20H,14H2,1H3,(H,25,29)(H,26,30). The molecular formula is C24H20N4O4S. The molecule has 0 fully saturated rings. The summed E-state index contributed by atoms with van der Waals surface area (Å²) in [6, 6.07) is 19.7. The van der Waals surface area contributed by atoms with Crippen molar-refractivity contribution in [2.75, 3.05) is 5.32 Å². The Hall–Kier alpha value is -4.11. The van der Waals surface area contributed by atoms with E-state index in [1.165, 1.54) is 23.5 Å². The summed E-state index contributed by atoms with van der Waals surface area (Å²) >= 11 is 1.25. The highest BCUT2D eigenvalue weighted by Crippen LogP contribution is 2.22. The highest BCUT2D eigenvalue weighted by Gasteiger charge is 2.24. The van der Waals surface area contributed by atoms with Crippen LogP contribution in [0.5, 0.6) is 0 Å². The van der Waals surface area contributed by atoms with Gasteiger partial charge in [0.15, 0.2) is 5.01 Å². The molecule has 0 bridgehead atoms. The number of aryl methyl sites for hydroxylation is 1. The molecule has 0 aliphatic rings. The molecule has 4 aromatic rings. The molecule has 33 heavy (non-hydrogen) atoms. The molecule has 0 radical (unpaired) electrons. The Kier molecular flexibility index (Phi) is 6.41. The highest BCUT2D eigenvalue weighted by atomic mass is 32.1. The molecule has 1 heterocycles. The number of nitro groups is 1. The Morgan fingerprint density at radius 1 is 1.03 bits per heavy atom. The van der Waals surface area contributed by atoms with Gasteiger partial charge in [0.25, 0.3) is 11.6 Å². The van der Waals surface area contributed by atoms with Crippen molar-refractivity contribution in [3.63, 3.8) is 0 Å². The SMILES string of the molecule is Cc1ccc(NC(=O)C(Cc2ccc([N+](=O)[O-])cc2)NC(=O)c2nc3ccccc3s2)cc1. The summed E-state index contributed by atoms with van der Waals surface area (Å²) in [5, 5.41) is 16.8. The zero-order valence-electron chi connectivity index (χ0n) is 17.6. The van der Waals surface area contributed by atoms with Gasteiger partial charge in [-0.2, -0.15) is 0 Å². The van der Waals surface area contributed by atoms with E-state index in [1.54, 1.807) is 24.3 Å². The third kappa shape index (κ3) is 5.39. The van der Waals surface area contributed by atoms with Crippen LogP contribution in [0.3, 0.4) is 0 Å². The molecule has 3 aromatic carbocycles. The number of nitrogens with zero attached hydrogens (tertiary/aromatic N) is 2. The topological polar surface area (TPSA) is 114 Å². The summed E-state index contributed by atoms with van der Waals surface area (Å²) in [5.74, 6) is -0.853. The minimum Gasteiger partial charge on any atom is -0.338 e. The summed E-state index contributed by atoms with van der Waals surface area (Å²) < 4.78 is 0.874. The van der Waals surface area contributed by atoms with E-state index in [-0.39, 0.29) is 17.1 Å². The van der Waals surface area contributed by atoms with Gasteiger partial charge in [0.2, 0.25) is 5.91 Å². The van der Waals surface area contributed by atoms with Gasteiger partial charge in [0.1, 0.15) is 6.04 Å². The maximum absolute atomic E-state index is 13.1. The second-order valence-electron chi connectivity index (χ2n) is 7.50. The number of aromatic nitrogens is 1. The number of non-ortho nitro benzene ring substituents is 1. The van der Waals surface area contributed by atoms with E-state index >= 15 is 0 Å². The molecule has 9 heteroatoms. The lowest BCUT2D eigenvalue weighted by molar-refractivity contribution is -0.384. The van der Waals surface area contributed by atoms with Gasteiger partial charge in [-0.3, -0.25) is 19.7 Å². The van der Waals surface area contributed by atoms with Crippen molar-refractivity contribution in [3.05, 3.63) is 99.0 Å². The molecular weight excluding hydrogens is 440 g/mol. The van der Waals surface area contributed by atoms with Crippen molar-refractivity contribution in [2.45, 2.75) is 19.4 Å². The summed E-state index contributed by atoms with van der Waals surface area (Å²) in [4.78, 5) is 40.8. The maximum atomic E-state index is 13.1. The number of carbonyl (C=O) groups is 2. The van der Waals surface area contributed by atoms with E-state index in [0.29, 0.717) is 16.8 Å². The van der Waals surface area contributed by atoms with Crippen molar-refractivity contribution in [1.82, 2.24) is 10.3 Å². The smallest absolute Gasteiger partial charge is 0.280 e. The number of carbonyl (C=O) groups excluding carboxylic acids is 2. The number of hydrogen-bond acceptors (Lipinski definition) is 6. The van der Waals surface area contributed by atoms with Crippen LogP contribution in [0.25, 0.3) is 10.2 Å².